The van der Waals surface area contributed by atoms with E-state index in [4.69, 9.17) is 16.7 Å². The number of allylic oxidation sites excluding steroid dienone is 4. The van der Waals surface area contributed by atoms with Crippen LogP contribution in [0.5, 0.6) is 0 Å². The maximum Gasteiger partial charge on any atom is 0.303 e. The van der Waals surface area contributed by atoms with Gasteiger partial charge in [-0.2, -0.15) is 0 Å². The Kier molecular flexibility index (Phi) is 7.53. The van der Waals surface area contributed by atoms with E-state index in [0.717, 1.165) is 30.5 Å². The lowest BCUT2D eigenvalue weighted by Crippen LogP contribution is -2.51. The largest absolute Gasteiger partial charge is 0.481 e. The quantitative estimate of drug-likeness (QED) is 0.342. The smallest absolute Gasteiger partial charge is 0.303 e. The second kappa shape index (κ2) is 9.78. The van der Waals surface area contributed by atoms with Crippen LogP contribution < -0.4 is 4.72 Å². The number of rotatable bonds is 11. The SMILES string of the molecule is CC1(C)[C@H]2CC(NS(=O)(=O)CCc3ccc(Cl)cc3)=C(CC=CCCCC(=O)O)[C@@H]1C2. The summed E-state index contributed by atoms with van der Waals surface area (Å²) in [5, 5.41) is 9.38. The number of hydrogen-bond donors (Lipinski definition) is 2. The first-order valence-electron chi connectivity index (χ1n) is 10.9. The number of halogens is 1. The average Bonchev–Trinajstić information content (AvgIpc) is 2.70. The Labute approximate surface area is 190 Å². The lowest BCUT2D eigenvalue weighted by Gasteiger charge is -2.58. The number of carboxylic acids is 1. The molecule has 4 rings (SSSR count). The molecule has 0 spiro atoms. The third kappa shape index (κ3) is 6.13. The van der Waals surface area contributed by atoms with Gasteiger partial charge in [0.2, 0.25) is 10.0 Å². The van der Waals surface area contributed by atoms with Crippen molar-refractivity contribution >= 4 is 27.6 Å². The zero-order valence-electron chi connectivity index (χ0n) is 18.2. The van der Waals surface area contributed by atoms with Crippen molar-refractivity contribution in [1.82, 2.24) is 4.72 Å². The van der Waals surface area contributed by atoms with E-state index in [1.165, 1.54) is 5.57 Å². The van der Waals surface area contributed by atoms with Crippen molar-refractivity contribution in [3.05, 3.63) is 58.3 Å². The molecule has 1 saturated carbocycles. The lowest BCUT2D eigenvalue weighted by atomic mass is 9.48. The van der Waals surface area contributed by atoms with Gasteiger partial charge in [-0.05, 0) is 79.0 Å². The van der Waals surface area contributed by atoms with Crippen molar-refractivity contribution in [3.63, 3.8) is 0 Å². The molecule has 2 N–H and O–H groups in total. The number of sulfonamides is 1. The number of aliphatic carboxylic acids is 1. The van der Waals surface area contributed by atoms with E-state index in [2.05, 4.69) is 24.6 Å². The molecule has 0 unspecified atom stereocenters. The van der Waals surface area contributed by atoms with Crippen LogP contribution in [-0.4, -0.2) is 25.2 Å². The fraction of sp³-hybridized carbons (Fsp3) is 0.542. The van der Waals surface area contributed by atoms with Gasteiger partial charge < -0.3 is 5.11 Å². The summed E-state index contributed by atoms with van der Waals surface area (Å²) < 4.78 is 28.5. The van der Waals surface area contributed by atoms with E-state index >= 15 is 0 Å². The molecule has 0 heterocycles. The maximum absolute atomic E-state index is 12.8. The number of aryl methyl sites for hydroxylation is 1. The monoisotopic (exact) mass is 465 g/mol. The second-order valence-corrected chi connectivity index (χ2v) is 11.6. The highest BCUT2D eigenvalue weighted by Gasteiger charge is 2.53. The summed E-state index contributed by atoms with van der Waals surface area (Å²) in [4.78, 5) is 10.6. The molecule has 7 heteroatoms. The molecule has 3 aliphatic rings. The van der Waals surface area contributed by atoms with Crippen LogP contribution in [0.2, 0.25) is 5.02 Å². The molecule has 5 nitrogen and oxygen atoms in total. The highest BCUT2D eigenvalue weighted by molar-refractivity contribution is 7.89. The van der Waals surface area contributed by atoms with Gasteiger partial charge in [-0.1, -0.05) is 49.7 Å². The number of unbranched alkanes of at least 4 members (excludes halogenated alkanes) is 1. The molecule has 0 aromatic heterocycles. The molecule has 31 heavy (non-hydrogen) atoms. The first-order valence-corrected chi connectivity index (χ1v) is 12.9. The first-order chi connectivity index (χ1) is 14.6. The third-order valence-electron chi connectivity index (χ3n) is 6.85. The van der Waals surface area contributed by atoms with E-state index < -0.39 is 16.0 Å². The highest BCUT2D eigenvalue weighted by Crippen LogP contribution is 2.61. The molecule has 0 radical (unpaired) electrons. The Morgan fingerprint density at radius 2 is 1.97 bits per heavy atom. The van der Waals surface area contributed by atoms with Crippen molar-refractivity contribution in [2.75, 3.05) is 5.75 Å². The lowest BCUT2D eigenvalue weighted by molar-refractivity contribution is -0.137. The van der Waals surface area contributed by atoms with Crippen molar-refractivity contribution in [3.8, 4) is 0 Å². The van der Waals surface area contributed by atoms with Crippen LogP contribution in [0.1, 0.15) is 57.9 Å². The zero-order chi connectivity index (χ0) is 22.6. The molecule has 0 saturated heterocycles. The average molecular weight is 466 g/mol. The van der Waals surface area contributed by atoms with Gasteiger partial charge in [0.25, 0.3) is 0 Å². The molecule has 0 aliphatic heterocycles. The molecule has 2 bridgehead atoms. The maximum atomic E-state index is 12.8. The molecule has 170 valence electrons. The molecular weight excluding hydrogens is 434 g/mol. The van der Waals surface area contributed by atoms with Crippen molar-refractivity contribution in [2.45, 2.75) is 58.8 Å². The van der Waals surface area contributed by atoms with Gasteiger partial charge in [-0.25, -0.2) is 8.42 Å². The van der Waals surface area contributed by atoms with Crippen LogP contribution in [0, 0.1) is 17.3 Å². The molecule has 1 aromatic carbocycles. The molecule has 2 atom stereocenters. The zero-order valence-corrected chi connectivity index (χ0v) is 19.8. The van der Waals surface area contributed by atoms with Crippen molar-refractivity contribution in [2.24, 2.45) is 17.3 Å². The van der Waals surface area contributed by atoms with E-state index in [9.17, 15) is 13.2 Å². The van der Waals surface area contributed by atoms with Crippen LogP contribution in [0.4, 0.5) is 0 Å². The Hall–Kier alpha value is -1.79. The summed E-state index contributed by atoms with van der Waals surface area (Å²) in [6.45, 7) is 4.54. The Morgan fingerprint density at radius 1 is 1.26 bits per heavy atom. The number of carbonyl (C=O) groups is 1. The summed E-state index contributed by atoms with van der Waals surface area (Å²) in [7, 11) is -3.44. The number of hydrogen-bond acceptors (Lipinski definition) is 3. The predicted molar refractivity (Wildman–Crippen MR) is 124 cm³/mol. The minimum Gasteiger partial charge on any atom is -0.481 e. The van der Waals surface area contributed by atoms with E-state index in [1.54, 1.807) is 12.1 Å². The van der Waals surface area contributed by atoms with Crippen LogP contribution in [0.3, 0.4) is 0 Å². The molecular formula is C24H32ClNO4S. The predicted octanol–water partition coefficient (Wildman–Crippen LogP) is 5.32. The fourth-order valence-electron chi connectivity index (χ4n) is 4.76. The number of benzene rings is 1. The van der Waals surface area contributed by atoms with Gasteiger partial charge in [-0.15, -0.1) is 0 Å². The van der Waals surface area contributed by atoms with Gasteiger partial charge in [0.05, 0.1) is 5.75 Å². The Bertz CT molecular complexity index is 964. The summed E-state index contributed by atoms with van der Waals surface area (Å²) in [5.74, 6) is 0.161. The van der Waals surface area contributed by atoms with E-state index in [0.29, 0.717) is 36.1 Å². The van der Waals surface area contributed by atoms with Gasteiger partial charge in [0.1, 0.15) is 0 Å². The number of fused-ring (bicyclic) bond motifs is 1. The van der Waals surface area contributed by atoms with Gasteiger partial charge in [0.15, 0.2) is 0 Å². The van der Waals surface area contributed by atoms with Gasteiger partial charge >= 0.3 is 5.97 Å². The molecule has 1 fully saturated rings. The van der Waals surface area contributed by atoms with Crippen LogP contribution in [0.25, 0.3) is 0 Å². The van der Waals surface area contributed by atoms with Gasteiger partial charge in [-0.3, -0.25) is 9.52 Å². The highest BCUT2D eigenvalue weighted by atomic mass is 35.5. The Balaban J connectivity index is 1.66. The summed E-state index contributed by atoms with van der Waals surface area (Å²) in [6.07, 6.45) is 8.62. The van der Waals surface area contributed by atoms with Crippen molar-refractivity contribution in [1.29, 1.82) is 0 Å². The minimum atomic E-state index is -3.44. The summed E-state index contributed by atoms with van der Waals surface area (Å²) in [5.41, 5.74) is 3.20. The van der Waals surface area contributed by atoms with Crippen molar-refractivity contribution < 1.29 is 18.3 Å². The molecule has 0 amide bonds. The normalized spacial score (nSPS) is 22.4. The van der Waals surface area contributed by atoms with Gasteiger partial charge in [0, 0.05) is 17.1 Å². The standard InChI is InChI=1S/C24H32ClNO4S/c1-24(2)18-15-21(24)20(7-5-3-4-6-8-23(27)28)22(16-18)26-31(29,30)14-13-17-9-11-19(25)12-10-17/h3,5,9-12,18,21,26H,4,6-8,13-16H2,1-2H3,(H,27,28)/t18-,21+/m1/s1. The van der Waals surface area contributed by atoms with E-state index in [-0.39, 0.29) is 17.6 Å². The first kappa shape index (κ1) is 23.9. The second-order valence-electron chi connectivity index (χ2n) is 9.27. The number of nitrogens with one attached hydrogen (secondary N) is 1. The molecule has 3 aliphatic carbocycles. The van der Waals surface area contributed by atoms with Crippen LogP contribution in [-0.2, 0) is 21.2 Å². The topological polar surface area (TPSA) is 83.5 Å². The minimum absolute atomic E-state index is 0.0369. The fourth-order valence-corrected chi connectivity index (χ4v) is 6.08. The van der Waals surface area contributed by atoms with E-state index in [1.807, 2.05) is 18.2 Å². The molecule has 1 aromatic rings. The number of carboxylic acid groups (broad SMARTS) is 1. The third-order valence-corrected chi connectivity index (χ3v) is 8.40. The summed E-state index contributed by atoms with van der Waals surface area (Å²) >= 11 is 5.90. The summed E-state index contributed by atoms with van der Waals surface area (Å²) in [6, 6.07) is 7.26. The van der Waals surface area contributed by atoms with Crippen LogP contribution in [0.15, 0.2) is 47.7 Å². The Morgan fingerprint density at radius 3 is 2.61 bits per heavy atom. The van der Waals surface area contributed by atoms with Crippen LogP contribution >= 0.6 is 11.6 Å².